The Labute approximate surface area is 156 Å². The van der Waals surface area contributed by atoms with Crippen LogP contribution < -0.4 is 14.2 Å². The van der Waals surface area contributed by atoms with Crippen LogP contribution in [0.5, 0.6) is 17.2 Å². The van der Waals surface area contributed by atoms with Crippen molar-refractivity contribution in [3.8, 4) is 17.2 Å². The van der Waals surface area contributed by atoms with Gasteiger partial charge < -0.3 is 28.8 Å². The molecular weight excluding hydrogens is 354 g/mol. The molecule has 0 bridgehead atoms. The lowest BCUT2D eigenvalue weighted by Crippen LogP contribution is -2.40. The largest absolute Gasteiger partial charge is 0.496 e. The highest BCUT2D eigenvalue weighted by molar-refractivity contribution is 5.96. The summed E-state index contributed by atoms with van der Waals surface area (Å²) in [5.41, 5.74) is 0.640. The third-order valence-corrected chi connectivity index (χ3v) is 4.07. The Morgan fingerprint density at radius 2 is 1.78 bits per heavy atom. The van der Waals surface area contributed by atoms with Crippen LogP contribution in [0.25, 0.3) is 0 Å². The van der Waals surface area contributed by atoms with Crippen molar-refractivity contribution < 1.29 is 23.7 Å². The number of amides is 1. The molecule has 1 aliphatic heterocycles. The topological polar surface area (TPSA) is 111 Å². The summed E-state index contributed by atoms with van der Waals surface area (Å²) >= 11 is 0. The number of H-pyrrole nitrogens is 1. The minimum absolute atomic E-state index is 0.186. The summed E-state index contributed by atoms with van der Waals surface area (Å²) in [6.45, 7) is 2.07. The molecule has 144 valence electrons. The fourth-order valence-corrected chi connectivity index (χ4v) is 2.63. The highest BCUT2D eigenvalue weighted by Gasteiger charge is 2.23. The van der Waals surface area contributed by atoms with Crippen LogP contribution >= 0.6 is 0 Å². The van der Waals surface area contributed by atoms with Crippen molar-refractivity contribution >= 4 is 17.4 Å². The molecule has 2 aromatic rings. The molecule has 0 spiro atoms. The van der Waals surface area contributed by atoms with E-state index in [1.165, 1.54) is 20.5 Å². The summed E-state index contributed by atoms with van der Waals surface area (Å²) < 4.78 is 21.2. The van der Waals surface area contributed by atoms with Gasteiger partial charge in [0.15, 0.2) is 22.9 Å². The van der Waals surface area contributed by atoms with Gasteiger partial charge in [-0.05, 0) is 0 Å². The molecule has 10 heteroatoms. The molecule has 0 radical (unpaired) electrons. The number of hydrogen-bond acceptors (Lipinski definition) is 8. The number of imidazole rings is 1. The summed E-state index contributed by atoms with van der Waals surface area (Å²) in [6.07, 6.45) is 1.41. The van der Waals surface area contributed by atoms with Crippen LogP contribution in [0.2, 0.25) is 0 Å². The quantitative estimate of drug-likeness (QED) is 0.776. The number of azo groups is 1. The van der Waals surface area contributed by atoms with Crippen molar-refractivity contribution in [2.75, 3.05) is 47.6 Å². The Balaban J connectivity index is 1.89. The number of nitrogens with zero attached hydrogens (tertiary/aromatic N) is 4. The molecular formula is C17H21N5O5. The van der Waals surface area contributed by atoms with Gasteiger partial charge in [0.05, 0.1) is 40.9 Å². The van der Waals surface area contributed by atoms with E-state index < -0.39 is 0 Å². The van der Waals surface area contributed by atoms with Crippen LogP contribution in [0.4, 0.5) is 11.5 Å². The number of rotatable bonds is 6. The maximum Gasteiger partial charge on any atom is 0.274 e. The number of aromatic amines is 1. The standard InChI is InChI=1S/C17H21N5O5/c1-24-11-8-12(25-2)14(13(9-11)26-3)20-21-16-15(18-10-19-16)17(23)22-4-6-27-7-5-22/h8-10H,4-7H2,1-3H3,(H,18,19). The second-order valence-electron chi connectivity index (χ2n) is 5.59. The molecule has 2 heterocycles. The van der Waals surface area contributed by atoms with Gasteiger partial charge in [-0.1, -0.05) is 0 Å². The lowest BCUT2D eigenvalue weighted by Gasteiger charge is -2.26. The Morgan fingerprint density at radius 1 is 1.11 bits per heavy atom. The van der Waals surface area contributed by atoms with Crippen LogP contribution in [-0.2, 0) is 4.74 Å². The van der Waals surface area contributed by atoms with E-state index in [2.05, 4.69) is 20.2 Å². The van der Waals surface area contributed by atoms with Crippen LogP contribution in [0.1, 0.15) is 10.5 Å². The van der Waals surface area contributed by atoms with E-state index in [-0.39, 0.29) is 17.4 Å². The molecule has 1 aromatic carbocycles. The van der Waals surface area contributed by atoms with Gasteiger partial charge in [-0.3, -0.25) is 4.79 Å². The van der Waals surface area contributed by atoms with Gasteiger partial charge in [-0.15, -0.1) is 10.2 Å². The van der Waals surface area contributed by atoms with Gasteiger partial charge in [0.25, 0.3) is 5.91 Å². The van der Waals surface area contributed by atoms with E-state index in [0.29, 0.717) is 49.2 Å². The van der Waals surface area contributed by atoms with Crippen molar-refractivity contribution in [2.24, 2.45) is 10.2 Å². The first-order valence-corrected chi connectivity index (χ1v) is 8.30. The van der Waals surface area contributed by atoms with Gasteiger partial charge in [-0.25, -0.2) is 4.98 Å². The fraction of sp³-hybridized carbons (Fsp3) is 0.412. The predicted octanol–water partition coefficient (Wildman–Crippen LogP) is 2.32. The smallest absolute Gasteiger partial charge is 0.274 e. The Morgan fingerprint density at radius 3 is 2.37 bits per heavy atom. The molecule has 0 unspecified atom stereocenters. The van der Waals surface area contributed by atoms with E-state index in [1.807, 2.05) is 0 Å². The molecule has 1 aromatic heterocycles. The molecule has 0 aliphatic carbocycles. The molecule has 1 fully saturated rings. The van der Waals surface area contributed by atoms with Crippen LogP contribution in [-0.4, -0.2) is 68.4 Å². The minimum atomic E-state index is -0.196. The van der Waals surface area contributed by atoms with E-state index in [4.69, 9.17) is 18.9 Å². The summed E-state index contributed by atoms with van der Waals surface area (Å²) in [5, 5.41) is 8.32. The summed E-state index contributed by atoms with van der Waals surface area (Å²) in [4.78, 5) is 21.3. The number of carbonyl (C=O) groups is 1. The molecule has 1 saturated heterocycles. The summed E-state index contributed by atoms with van der Waals surface area (Å²) in [5.74, 6) is 1.40. The first-order valence-electron chi connectivity index (χ1n) is 8.30. The third kappa shape index (κ3) is 4.00. The van der Waals surface area contributed by atoms with Crippen molar-refractivity contribution in [2.45, 2.75) is 0 Å². The first-order chi connectivity index (χ1) is 13.2. The second kappa shape index (κ2) is 8.49. The Kier molecular flexibility index (Phi) is 5.87. The number of morpholine rings is 1. The van der Waals surface area contributed by atoms with Gasteiger partial charge in [-0.2, -0.15) is 0 Å². The van der Waals surface area contributed by atoms with Gasteiger partial charge >= 0.3 is 0 Å². The number of ether oxygens (including phenoxy) is 4. The molecule has 1 N–H and O–H groups in total. The molecule has 3 rings (SSSR count). The number of carbonyl (C=O) groups excluding carboxylic acids is 1. The van der Waals surface area contributed by atoms with Crippen LogP contribution in [0, 0.1) is 0 Å². The van der Waals surface area contributed by atoms with E-state index in [9.17, 15) is 4.79 Å². The van der Waals surface area contributed by atoms with Gasteiger partial charge in [0.2, 0.25) is 5.82 Å². The number of benzene rings is 1. The summed E-state index contributed by atoms with van der Waals surface area (Å²) in [6, 6.07) is 3.34. The molecule has 27 heavy (non-hydrogen) atoms. The Hall–Kier alpha value is -3.14. The molecule has 0 atom stereocenters. The van der Waals surface area contributed by atoms with Gasteiger partial charge in [0.1, 0.15) is 5.75 Å². The summed E-state index contributed by atoms with van der Waals surface area (Å²) in [7, 11) is 4.56. The highest BCUT2D eigenvalue weighted by atomic mass is 16.5. The lowest BCUT2D eigenvalue weighted by molar-refractivity contribution is 0.0300. The molecule has 10 nitrogen and oxygen atoms in total. The van der Waals surface area contributed by atoms with Crippen molar-refractivity contribution in [1.82, 2.24) is 14.9 Å². The first kappa shape index (κ1) is 18.6. The van der Waals surface area contributed by atoms with Crippen molar-refractivity contribution in [1.29, 1.82) is 0 Å². The number of methoxy groups -OCH3 is 3. The maximum absolute atomic E-state index is 12.7. The zero-order valence-electron chi connectivity index (χ0n) is 15.4. The van der Waals surface area contributed by atoms with Crippen LogP contribution in [0.15, 0.2) is 28.7 Å². The monoisotopic (exact) mass is 375 g/mol. The SMILES string of the molecule is COc1cc(OC)c(N=Nc2nc[nH]c2C(=O)N2CCOCC2)c(OC)c1. The normalized spacial score (nSPS) is 14.4. The second-order valence-corrected chi connectivity index (χ2v) is 5.59. The number of aromatic nitrogens is 2. The Bertz CT molecular complexity index is 804. The number of nitrogens with one attached hydrogen (secondary N) is 1. The van der Waals surface area contributed by atoms with Gasteiger partial charge in [0, 0.05) is 25.2 Å². The zero-order valence-corrected chi connectivity index (χ0v) is 15.4. The zero-order chi connectivity index (χ0) is 19.2. The minimum Gasteiger partial charge on any atom is -0.496 e. The number of hydrogen-bond donors (Lipinski definition) is 1. The average molecular weight is 375 g/mol. The van der Waals surface area contributed by atoms with E-state index >= 15 is 0 Å². The molecule has 0 saturated carbocycles. The third-order valence-electron chi connectivity index (χ3n) is 4.07. The molecule has 1 amide bonds. The lowest BCUT2D eigenvalue weighted by atomic mass is 10.2. The van der Waals surface area contributed by atoms with Crippen LogP contribution in [0.3, 0.4) is 0 Å². The fourth-order valence-electron chi connectivity index (χ4n) is 2.63. The average Bonchev–Trinajstić information content (AvgIpc) is 3.20. The predicted molar refractivity (Wildman–Crippen MR) is 95.6 cm³/mol. The van der Waals surface area contributed by atoms with E-state index in [0.717, 1.165) is 0 Å². The van der Waals surface area contributed by atoms with E-state index in [1.54, 1.807) is 24.1 Å². The van der Waals surface area contributed by atoms with Crippen molar-refractivity contribution in [3.05, 3.63) is 24.2 Å². The maximum atomic E-state index is 12.7. The highest BCUT2D eigenvalue weighted by Crippen LogP contribution is 2.41. The molecule has 1 aliphatic rings. The van der Waals surface area contributed by atoms with Crippen molar-refractivity contribution in [3.63, 3.8) is 0 Å².